The third-order valence-electron chi connectivity index (χ3n) is 4.15. The fourth-order valence-electron chi connectivity index (χ4n) is 3.03. The zero-order valence-electron chi connectivity index (χ0n) is 12.4. The summed E-state index contributed by atoms with van der Waals surface area (Å²) in [6, 6.07) is 2.24. The van der Waals surface area contributed by atoms with Crippen molar-refractivity contribution < 1.29 is 8.42 Å². The lowest BCUT2D eigenvalue weighted by Gasteiger charge is -2.32. The number of rotatable bonds is 3. The van der Waals surface area contributed by atoms with E-state index in [0.29, 0.717) is 27.8 Å². The molecular weight excluding hydrogens is 410 g/mol. The number of nitrogens with one attached hydrogen (secondary N) is 1. The van der Waals surface area contributed by atoms with Crippen molar-refractivity contribution >= 4 is 49.7 Å². The zero-order valence-corrected chi connectivity index (χ0v) is 16.5. The van der Waals surface area contributed by atoms with Crippen molar-refractivity contribution in [1.82, 2.24) is 14.5 Å². The van der Waals surface area contributed by atoms with Crippen molar-refractivity contribution in [2.24, 2.45) is 0 Å². The second-order valence-electron chi connectivity index (χ2n) is 5.58. The van der Waals surface area contributed by atoms with Crippen LogP contribution in [-0.2, 0) is 10.0 Å². The van der Waals surface area contributed by atoms with Crippen molar-refractivity contribution in [3.05, 3.63) is 15.4 Å². The number of hydrogen-bond donors (Lipinski definition) is 1. The van der Waals surface area contributed by atoms with Crippen molar-refractivity contribution in [2.75, 3.05) is 39.3 Å². The Hall–Kier alpha value is 0.300. The smallest absolute Gasteiger partial charge is 0.253 e. The van der Waals surface area contributed by atoms with E-state index in [2.05, 4.69) is 26.1 Å². The van der Waals surface area contributed by atoms with Crippen LogP contribution in [0.4, 0.5) is 0 Å². The van der Waals surface area contributed by atoms with Gasteiger partial charge in [-0.1, -0.05) is 0 Å². The molecule has 2 fully saturated rings. The second kappa shape index (κ2) is 7.46. The third-order valence-corrected chi connectivity index (χ3v) is 8.72. The average Bonchev–Trinajstić information content (AvgIpc) is 3.07. The summed E-state index contributed by atoms with van der Waals surface area (Å²) < 4.78 is 28.3. The SMILES string of the molecule is Cc1cc(Br)c(S(=O)(=O)N2CCC(N3CCNCC3)C2)s1.Cl. The Labute approximate surface area is 150 Å². The molecule has 9 heteroatoms. The number of aryl methyl sites for hydroxylation is 1. The van der Waals surface area contributed by atoms with Gasteiger partial charge in [-0.25, -0.2) is 8.42 Å². The van der Waals surface area contributed by atoms with Crippen LogP contribution < -0.4 is 5.32 Å². The fourth-order valence-corrected chi connectivity index (χ4v) is 7.39. The molecule has 1 aromatic heterocycles. The van der Waals surface area contributed by atoms with Crippen molar-refractivity contribution in [2.45, 2.75) is 23.6 Å². The summed E-state index contributed by atoms with van der Waals surface area (Å²) >= 11 is 4.72. The maximum Gasteiger partial charge on any atom is 0.253 e. The summed E-state index contributed by atoms with van der Waals surface area (Å²) in [5.74, 6) is 0. The maximum absolute atomic E-state index is 12.8. The molecule has 0 radical (unpaired) electrons. The molecule has 0 bridgehead atoms. The van der Waals surface area contributed by atoms with Gasteiger partial charge >= 0.3 is 0 Å². The summed E-state index contributed by atoms with van der Waals surface area (Å²) in [5, 5.41) is 3.34. The number of thiophene rings is 1. The minimum atomic E-state index is -3.36. The van der Waals surface area contributed by atoms with Crippen LogP contribution in [0.5, 0.6) is 0 Å². The van der Waals surface area contributed by atoms with Crippen molar-refractivity contribution in [3.8, 4) is 0 Å². The quantitative estimate of drug-likeness (QED) is 0.796. The van der Waals surface area contributed by atoms with Gasteiger partial charge in [0.05, 0.1) is 0 Å². The Kier molecular flexibility index (Phi) is 6.32. The van der Waals surface area contributed by atoms with E-state index >= 15 is 0 Å². The average molecular weight is 431 g/mol. The van der Waals surface area contributed by atoms with E-state index < -0.39 is 10.0 Å². The van der Waals surface area contributed by atoms with Gasteiger partial charge in [-0.15, -0.1) is 23.7 Å². The summed E-state index contributed by atoms with van der Waals surface area (Å²) in [5.41, 5.74) is 0. The second-order valence-corrected chi connectivity index (χ2v) is 9.83. The molecule has 2 saturated heterocycles. The third kappa shape index (κ3) is 3.68. The normalized spacial score (nSPS) is 24.4. The molecule has 0 amide bonds. The molecule has 0 aromatic carbocycles. The van der Waals surface area contributed by atoms with Gasteiger partial charge in [-0.2, -0.15) is 4.31 Å². The van der Waals surface area contributed by atoms with Gasteiger partial charge in [0.2, 0.25) is 0 Å². The van der Waals surface area contributed by atoms with E-state index in [1.165, 1.54) is 11.3 Å². The van der Waals surface area contributed by atoms with Crippen LogP contribution in [0.3, 0.4) is 0 Å². The van der Waals surface area contributed by atoms with Gasteiger partial charge in [-0.3, -0.25) is 4.90 Å². The minimum Gasteiger partial charge on any atom is -0.314 e. The Morgan fingerprint density at radius 1 is 1.32 bits per heavy atom. The summed E-state index contributed by atoms with van der Waals surface area (Å²) in [4.78, 5) is 3.43. The highest BCUT2D eigenvalue weighted by Gasteiger charge is 2.37. The molecule has 5 nitrogen and oxygen atoms in total. The highest BCUT2D eigenvalue weighted by atomic mass is 79.9. The maximum atomic E-state index is 12.8. The first-order valence-corrected chi connectivity index (χ1v) is 10.2. The van der Waals surface area contributed by atoms with Crippen LogP contribution in [0.25, 0.3) is 0 Å². The molecule has 0 aliphatic carbocycles. The van der Waals surface area contributed by atoms with Crippen LogP contribution >= 0.6 is 39.7 Å². The first-order chi connectivity index (χ1) is 9.98. The van der Waals surface area contributed by atoms with Gasteiger partial charge < -0.3 is 5.32 Å². The largest absolute Gasteiger partial charge is 0.314 e. The predicted octanol–water partition coefficient (Wildman–Crippen LogP) is 1.91. The van der Waals surface area contributed by atoms with Gasteiger partial charge in [0.1, 0.15) is 4.21 Å². The molecule has 0 saturated carbocycles. The Morgan fingerprint density at radius 2 is 2.00 bits per heavy atom. The Bertz CT molecular complexity index is 617. The van der Waals surface area contributed by atoms with E-state index in [-0.39, 0.29) is 12.4 Å². The molecule has 3 rings (SSSR count). The zero-order chi connectivity index (χ0) is 15.0. The first kappa shape index (κ1) is 18.6. The number of nitrogens with zero attached hydrogens (tertiary/aromatic N) is 2. The molecule has 1 N–H and O–H groups in total. The summed E-state index contributed by atoms with van der Waals surface area (Å²) in [6.07, 6.45) is 0.932. The molecule has 126 valence electrons. The van der Waals surface area contributed by atoms with Gasteiger partial charge in [0.25, 0.3) is 10.0 Å². The fraction of sp³-hybridized carbons (Fsp3) is 0.692. The van der Waals surface area contributed by atoms with Crippen LogP contribution in [-0.4, -0.2) is 62.9 Å². The van der Waals surface area contributed by atoms with Crippen molar-refractivity contribution in [1.29, 1.82) is 0 Å². The van der Waals surface area contributed by atoms with Gasteiger partial charge in [-0.05, 0) is 35.3 Å². The highest BCUT2D eigenvalue weighted by Crippen LogP contribution is 2.34. The number of sulfonamides is 1. The van der Waals surface area contributed by atoms with Crippen LogP contribution in [0.15, 0.2) is 14.7 Å². The summed E-state index contributed by atoms with van der Waals surface area (Å²) in [6.45, 7) is 7.20. The molecule has 1 aromatic rings. The van der Waals surface area contributed by atoms with Crippen LogP contribution in [0, 0.1) is 6.92 Å². The molecule has 3 heterocycles. The van der Waals surface area contributed by atoms with E-state index in [0.717, 1.165) is 37.5 Å². The first-order valence-electron chi connectivity index (χ1n) is 7.19. The van der Waals surface area contributed by atoms with Gasteiger partial charge in [0, 0.05) is 54.7 Å². The molecule has 1 atom stereocenters. The van der Waals surface area contributed by atoms with Gasteiger partial charge in [0.15, 0.2) is 0 Å². The van der Waals surface area contributed by atoms with Crippen LogP contribution in [0.1, 0.15) is 11.3 Å². The highest BCUT2D eigenvalue weighted by molar-refractivity contribution is 9.10. The van der Waals surface area contributed by atoms with Crippen LogP contribution in [0.2, 0.25) is 0 Å². The van der Waals surface area contributed by atoms with E-state index in [4.69, 9.17) is 0 Å². The lowest BCUT2D eigenvalue weighted by molar-refractivity contribution is 0.179. The predicted molar refractivity (Wildman–Crippen MR) is 95.6 cm³/mol. The van der Waals surface area contributed by atoms with E-state index in [9.17, 15) is 8.42 Å². The number of hydrogen-bond acceptors (Lipinski definition) is 5. The summed E-state index contributed by atoms with van der Waals surface area (Å²) in [7, 11) is -3.36. The van der Waals surface area contributed by atoms with E-state index in [1.54, 1.807) is 4.31 Å². The standard InChI is InChI=1S/C13H20BrN3O2S2.ClH/c1-10-8-12(14)13(20-10)21(18,19)17-5-2-11(9-17)16-6-3-15-4-7-16;/h8,11,15H,2-7,9H2,1H3;1H. The molecular formula is C13H21BrClN3O2S2. The lowest BCUT2D eigenvalue weighted by atomic mass is 10.2. The van der Waals surface area contributed by atoms with Crippen molar-refractivity contribution in [3.63, 3.8) is 0 Å². The topological polar surface area (TPSA) is 52.7 Å². The minimum absolute atomic E-state index is 0. The van der Waals surface area contributed by atoms with E-state index in [1.807, 2.05) is 13.0 Å². The molecule has 2 aliphatic heterocycles. The number of piperazine rings is 1. The Morgan fingerprint density at radius 3 is 2.59 bits per heavy atom. The molecule has 22 heavy (non-hydrogen) atoms. The molecule has 2 aliphatic rings. The Balaban J connectivity index is 0.00000176. The molecule has 1 unspecified atom stereocenters. The monoisotopic (exact) mass is 429 g/mol. The molecule has 0 spiro atoms. The lowest BCUT2D eigenvalue weighted by Crippen LogP contribution is -2.49. The number of halogens is 2.